The number of hydrogen-bond acceptors (Lipinski definition) is 4. The van der Waals surface area contributed by atoms with Crippen molar-refractivity contribution in [2.75, 3.05) is 6.26 Å². The van der Waals surface area contributed by atoms with Gasteiger partial charge >= 0.3 is 6.18 Å². The molecule has 1 aliphatic rings. The van der Waals surface area contributed by atoms with E-state index < -0.39 is 57.2 Å². The molecule has 1 N–H and O–H groups in total. The number of carbonyl (C=O) groups is 1. The van der Waals surface area contributed by atoms with Crippen LogP contribution in [0, 0.1) is 0 Å². The first-order valence-electron chi connectivity index (χ1n) is 7.45. The van der Waals surface area contributed by atoms with E-state index in [1.54, 1.807) is 6.07 Å². The first-order valence-corrected chi connectivity index (χ1v) is 9.72. The van der Waals surface area contributed by atoms with Crippen molar-refractivity contribution in [1.82, 2.24) is 5.48 Å². The van der Waals surface area contributed by atoms with E-state index in [-0.39, 0.29) is 5.56 Å². The zero-order valence-electron chi connectivity index (χ0n) is 13.5. The van der Waals surface area contributed by atoms with Crippen molar-refractivity contribution in [3.63, 3.8) is 0 Å². The molecule has 26 heavy (non-hydrogen) atoms. The van der Waals surface area contributed by atoms with Gasteiger partial charge in [-0.25, -0.2) is 23.1 Å². The summed E-state index contributed by atoms with van der Waals surface area (Å²) in [4.78, 5) is 11.3. The highest BCUT2D eigenvalue weighted by molar-refractivity contribution is 7.92. The van der Waals surface area contributed by atoms with Gasteiger partial charge in [0.1, 0.15) is 11.0 Å². The first kappa shape index (κ1) is 20.9. The molecular formula is C15H16ClF4NO4S. The number of nitrogens with one attached hydrogen (secondary N) is 1. The third-order valence-corrected chi connectivity index (χ3v) is 6.69. The fraction of sp³-hybridized carbons (Fsp3) is 0.533. The van der Waals surface area contributed by atoms with Gasteiger partial charge in [-0.15, -0.1) is 11.6 Å². The summed E-state index contributed by atoms with van der Waals surface area (Å²) < 4.78 is 77.9. The van der Waals surface area contributed by atoms with Crippen LogP contribution in [0.25, 0.3) is 0 Å². The molecule has 3 atom stereocenters. The van der Waals surface area contributed by atoms with E-state index in [0.29, 0.717) is 6.26 Å². The summed E-state index contributed by atoms with van der Waals surface area (Å²) in [5, 5.41) is 0. The van der Waals surface area contributed by atoms with Crippen LogP contribution >= 0.6 is 11.6 Å². The Balaban J connectivity index is 2.24. The maximum Gasteiger partial charge on any atom is 0.407 e. The second-order valence-corrected chi connectivity index (χ2v) is 9.08. The molecule has 1 aromatic rings. The van der Waals surface area contributed by atoms with Crippen LogP contribution in [0.2, 0.25) is 0 Å². The molecule has 0 aromatic heterocycles. The summed E-state index contributed by atoms with van der Waals surface area (Å²) in [5.74, 6) is -0.862. The van der Waals surface area contributed by atoms with E-state index in [2.05, 4.69) is 0 Å². The summed E-state index contributed by atoms with van der Waals surface area (Å²) in [6, 6.07) is 7.49. The van der Waals surface area contributed by atoms with Crippen molar-refractivity contribution in [2.24, 2.45) is 0 Å². The Bertz CT molecular complexity index is 774. The van der Waals surface area contributed by atoms with Crippen LogP contribution in [-0.2, 0) is 14.7 Å². The number of amides is 1. The maximum atomic E-state index is 14.6. The van der Waals surface area contributed by atoms with Crippen LogP contribution in [0.5, 0.6) is 0 Å². The lowest BCUT2D eigenvalue weighted by atomic mass is 9.84. The lowest BCUT2D eigenvalue weighted by molar-refractivity contribution is -0.191. The topological polar surface area (TPSA) is 72.5 Å². The molecule has 0 unspecified atom stereocenters. The molecule has 1 aromatic carbocycles. The number of halogens is 5. The van der Waals surface area contributed by atoms with Gasteiger partial charge in [0, 0.05) is 18.2 Å². The SMILES string of the molecule is CS(=O)(=O)[C@]1(ONC(=O)c2ccccc2)CC[C@](Cl)(C(F)(F)F)C[C@H]1F. The highest BCUT2D eigenvalue weighted by Gasteiger charge is 2.65. The molecule has 0 radical (unpaired) electrons. The largest absolute Gasteiger partial charge is 0.407 e. The Morgan fingerprint density at radius 3 is 2.31 bits per heavy atom. The molecular weight excluding hydrogens is 402 g/mol. The Labute approximate surface area is 152 Å². The van der Waals surface area contributed by atoms with E-state index in [0.717, 1.165) is 0 Å². The van der Waals surface area contributed by atoms with Gasteiger partial charge in [0.2, 0.25) is 4.93 Å². The predicted octanol–water partition coefficient (Wildman–Crippen LogP) is 3.15. The van der Waals surface area contributed by atoms with Crippen molar-refractivity contribution in [3.05, 3.63) is 35.9 Å². The third kappa shape index (κ3) is 3.81. The second-order valence-electron chi connectivity index (χ2n) is 6.12. The van der Waals surface area contributed by atoms with Gasteiger partial charge in [-0.05, 0) is 25.0 Å². The van der Waals surface area contributed by atoms with E-state index >= 15 is 0 Å². The highest BCUT2D eigenvalue weighted by atomic mass is 35.5. The molecule has 11 heteroatoms. The van der Waals surface area contributed by atoms with Crippen LogP contribution in [0.15, 0.2) is 30.3 Å². The van der Waals surface area contributed by atoms with Crippen LogP contribution in [0.3, 0.4) is 0 Å². The summed E-state index contributed by atoms with van der Waals surface area (Å²) in [6.45, 7) is 0. The average Bonchev–Trinajstić information content (AvgIpc) is 2.52. The van der Waals surface area contributed by atoms with Gasteiger partial charge in [-0.3, -0.25) is 4.79 Å². The number of carbonyl (C=O) groups excluding carboxylic acids is 1. The average molecular weight is 418 g/mol. The number of alkyl halides is 5. The second kappa shape index (κ2) is 6.97. The van der Waals surface area contributed by atoms with Gasteiger partial charge < -0.3 is 0 Å². The molecule has 0 spiro atoms. The minimum atomic E-state index is -4.92. The van der Waals surface area contributed by atoms with E-state index in [9.17, 15) is 30.8 Å². The van der Waals surface area contributed by atoms with Crippen molar-refractivity contribution in [3.8, 4) is 0 Å². The molecule has 0 bridgehead atoms. The normalized spacial score (nSPS) is 30.0. The predicted molar refractivity (Wildman–Crippen MR) is 86.0 cm³/mol. The zero-order chi connectivity index (χ0) is 19.8. The Kier molecular flexibility index (Phi) is 5.61. The zero-order valence-corrected chi connectivity index (χ0v) is 15.1. The molecule has 1 saturated carbocycles. The molecule has 5 nitrogen and oxygen atoms in total. The van der Waals surface area contributed by atoms with Gasteiger partial charge in [-0.1, -0.05) is 18.2 Å². The minimum Gasteiger partial charge on any atom is -0.267 e. The van der Waals surface area contributed by atoms with Crippen LogP contribution in [0.1, 0.15) is 29.6 Å². The molecule has 1 fully saturated rings. The summed E-state index contributed by atoms with van der Waals surface area (Å²) >= 11 is 5.48. The third-order valence-electron chi connectivity index (χ3n) is 4.34. The number of hydrogen-bond donors (Lipinski definition) is 1. The van der Waals surface area contributed by atoms with Crippen molar-refractivity contribution in [1.29, 1.82) is 0 Å². The van der Waals surface area contributed by atoms with Crippen molar-refractivity contribution < 1.29 is 35.6 Å². The highest BCUT2D eigenvalue weighted by Crippen LogP contribution is 2.51. The summed E-state index contributed by atoms with van der Waals surface area (Å²) in [7, 11) is -4.35. The van der Waals surface area contributed by atoms with E-state index in [4.69, 9.17) is 16.4 Å². The van der Waals surface area contributed by atoms with Gasteiger partial charge in [-0.2, -0.15) is 13.2 Å². The Morgan fingerprint density at radius 1 is 1.27 bits per heavy atom. The lowest BCUT2D eigenvalue weighted by Gasteiger charge is -2.44. The molecule has 2 rings (SSSR count). The van der Waals surface area contributed by atoms with E-state index in [1.807, 2.05) is 5.48 Å². The van der Waals surface area contributed by atoms with Crippen molar-refractivity contribution >= 4 is 27.3 Å². The number of sulfone groups is 1. The fourth-order valence-corrected chi connectivity index (χ4v) is 4.16. The van der Waals surface area contributed by atoms with Crippen molar-refractivity contribution in [2.45, 2.75) is 41.4 Å². The summed E-state index contributed by atoms with van der Waals surface area (Å²) in [5.41, 5.74) is 1.93. The monoisotopic (exact) mass is 417 g/mol. The number of benzene rings is 1. The molecule has 0 saturated heterocycles. The van der Waals surface area contributed by atoms with Gasteiger partial charge in [0.25, 0.3) is 5.91 Å². The smallest absolute Gasteiger partial charge is 0.267 e. The number of rotatable bonds is 4. The molecule has 1 amide bonds. The number of hydroxylamine groups is 1. The van der Waals surface area contributed by atoms with Gasteiger partial charge in [0.15, 0.2) is 9.84 Å². The maximum absolute atomic E-state index is 14.6. The van der Waals surface area contributed by atoms with Crippen LogP contribution in [0.4, 0.5) is 17.6 Å². The Hall–Kier alpha value is -1.39. The molecule has 146 valence electrons. The van der Waals surface area contributed by atoms with Crippen LogP contribution < -0.4 is 5.48 Å². The lowest BCUT2D eigenvalue weighted by Crippen LogP contribution is -2.60. The standard InChI is InChI=1S/C15H16ClF4NO4S/c1-26(23,24)14(25-21-12(22)10-5-3-2-4-6-10)8-7-13(16,9-11(14)17)15(18,19)20/h2-6,11H,7-9H2,1H3,(H,21,22)/t11-,13-,14-/m1/s1. The molecule has 0 aliphatic heterocycles. The molecule has 0 heterocycles. The summed E-state index contributed by atoms with van der Waals surface area (Å²) in [6.07, 6.45) is -9.95. The molecule has 1 aliphatic carbocycles. The quantitative estimate of drug-likeness (QED) is 0.464. The Morgan fingerprint density at radius 2 is 1.85 bits per heavy atom. The van der Waals surface area contributed by atoms with E-state index in [1.165, 1.54) is 24.3 Å². The first-order chi connectivity index (χ1) is 11.8. The minimum absolute atomic E-state index is 0.101. The van der Waals surface area contributed by atoms with Crippen LogP contribution in [-0.4, -0.2) is 42.7 Å². The fourth-order valence-electron chi connectivity index (χ4n) is 2.72. The van der Waals surface area contributed by atoms with Gasteiger partial charge in [0.05, 0.1) is 0 Å².